The van der Waals surface area contributed by atoms with E-state index in [1.807, 2.05) is 27.7 Å². The molecule has 1 aliphatic rings. The summed E-state index contributed by atoms with van der Waals surface area (Å²) in [4.78, 5) is 0. The van der Waals surface area contributed by atoms with Crippen LogP contribution in [0.3, 0.4) is 0 Å². The Morgan fingerprint density at radius 2 is 1.52 bits per heavy atom. The minimum atomic E-state index is -1.60. The van der Waals surface area contributed by atoms with Crippen molar-refractivity contribution < 1.29 is 13.7 Å². The van der Waals surface area contributed by atoms with Crippen molar-refractivity contribution in [1.82, 2.24) is 0 Å². The average Bonchev–Trinajstić information content (AvgIpc) is 2.55. The Morgan fingerprint density at radius 1 is 1.00 bits per heavy atom. The van der Waals surface area contributed by atoms with E-state index in [0.717, 1.165) is 25.9 Å². The van der Waals surface area contributed by atoms with Crippen LogP contribution in [0.25, 0.3) is 0 Å². The Balaban J connectivity index is 2.25. The third-order valence-corrected chi connectivity index (χ3v) is 9.98. The maximum Gasteiger partial charge on any atom is 0.551 e. The molecular formula is C18H35BO3Si. The molecule has 132 valence electrons. The molecule has 1 saturated heterocycles. The van der Waals surface area contributed by atoms with E-state index < -0.39 is 15.4 Å². The van der Waals surface area contributed by atoms with Gasteiger partial charge in [0.15, 0.2) is 8.32 Å². The van der Waals surface area contributed by atoms with Crippen LogP contribution in [-0.2, 0) is 13.7 Å². The third kappa shape index (κ3) is 5.63. The molecule has 1 fully saturated rings. The van der Waals surface area contributed by atoms with Crippen molar-refractivity contribution in [3.05, 3.63) is 0 Å². The number of unbranched alkanes of at least 4 members (excludes halogenated alkanes) is 2. The van der Waals surface area contributed by atoms with E-state index in [9.17, 15) is 0 Å². The van der Waals surface area contributed by atoms with Gasteiger partial charge in [-0.25, -0.2) is 0 Å². The first kappa shape index (κ1) is 20.8. The molecule has 3 nitrogen and oxygen atoms in total. The second-order valence-corrected chi connectivity index (χ2v) is 13.8. The van der Waals surface area contributed by atoms with Gasteiger partial charge < -0.3 is 13.7 Å². The van der Waals surface area contributed by atoms with Gasteiger partial charge in [-0.3, -0.25) is 0 Å². The van der Waals surface area contributed by atoms with Crippen LogP contribution in [0.4, 0.5) is 0 Å². The fourth-order valence-electron chi connectivity index (χ4n) is 1.92. The minimum absolute atomic E-state index is 0.281. The highest BCUT2D eigenvalue weighted by molar-refractivity contribution is 6.74. The van der Waals surface area contributed by atoms with Gasteiger partial charge in [0.2, 0.25) is 0 Å². The van der Waals surface area contributed by atoms with Gasteiger partial charge >= 0.3 is 7.12 Å². The van der Waals surface area contributed by atoms with Crippen LogP contribution in [0.2, 0.25) is 18.1 Å². The summed E-state index contributed by atoms with van der Waals surface area (Å²) in [5, 5.41) is 0.281. The van der Waals surface area contributed by atoms with Crippen LogP contribution in [0.1, 0.15) is 67.7 Å². The molecule has 0 aromatic rings. The van der Waals surface area contributed by atoms with Crippen molar-refractivity contribution >= 4 is 15.4 Å². The van der Waals surface area contributed by atoms with E-state index in [2.05, 4.69) is 45.6 Å². The average molecular weight is 338 g/mol. The summed E-state index contributed by atoms with van der Waals surface area (Å²) in [6.07, 6.45) is 2.98. The van der Waals surface area contributed by atoms with Crippen LogP contribution in [-0.4, -0.2) is 33.2 Å². The largest absolute Gasteiger partial charge is 0.551 e. The quantitative estimate of drug-likeness (QED) is 0.409. The summed E-state index contributed by atoms with van der Waals surface area (Å²) < 4.78 is 17.9. The maximum atomic E-state index is 6.17. The second-order valence-electron chi connectivity index (χ2n) is 8.98. The van der Waals surface area contributed by atoms with Crippen molar-refractivity contribution in [2.45, 2.75) is 97.1 Å². The molecule has 0 radical (unpaired) electrons. The lowest BCUT2D eigenvalue weighted by molar-refractivity contribution is 0.00578. The monoisotopic (exact) mass is 338 g/mol. The smallest absolute Gasteiger partial charge is 0.417 e. The topological polar surface area (TPSA) is 27.7 Å². The van der Waals surface area contributed by atoms with Crippen molar-refractivity contribution in [1.29, 1.82) is 0 Å². The zero-order valence-electron chi connectivity index (χ0n) is 16.6. The van der Waals surface area contributed by atoms with Gasteiger partial charge in [-0.1, -0.05) is 26.6 Å². The zero-order valence-corrected chi connectivity index (χ0v) is 17.6. The van der Waals surface area contributed by atoms with Crippen molar-refractivity contribution in [2.75, 3.05) is 6.61 Å². The fourth-order valence-corrected chi connectivity index (χ4v) is 3.00. The molecule has 0 N–H and O–H groups in total. The molecule has 1 aliphatic heterocycles. The molecule has 0 aliphatic carbocycles. The minimum Gasteiger partial charge on any atom is -0.417 e. The Bertz CT molecular complexity index is 439. The Hall–Kier alpha value is -0.278. The first-order chi connectivity index (χ1) is 10.3. The van der Waals surface area contributed by atoms with E-state index in [1.165, 1.54) is 0 Å². The van der Waals surface area contributed by atoms with Crippen LogP contribution >= 0.6 is 0 Å². The van der Waals surface area contributed by atoms with E-state index in [4.69, 9.17) is 13.7 Å². The highest BCUT2D eigenvalue weighted by atomic mass is 28.4. The molecule has 1 rings (SSSR count). The number of rotatable bonds is 5. The molecule has 0 bridgehead atoms. The van der Waals surface area contributed by atoms with Crippen LogP contribution < -0.4 is 0 Å². The lowest BCUT2D eigenvalue weighted by atomic mass is 9.90. The standard InChI is InChI=1S/C18H35BO3Si/c1-16(2,3)23(8,9)20-15-13-11-10-12-14-19-21-17(4,5)18(6,7)22-19/h10-11,13,15H2,1-9H3. The molecule has 0 aromatic carbocycles. The van der Waals surface area contributed by atoms with Gasteiger partial charge in [-0.05, 0) is 58.7 Å². The van der Waals surface area contributed by atoms with Gasteiger partial charge in [0.25, 0.3) is 0 Å². The first-order valence-electron chi connectivity index (χ1n) is 8.76. The van der Waals surface area contributed by atoms with Gasteiger partial charge in [-0.15, -0.1) is 5.92 Å². The van der Waals surface area contributed by atoms with E-state index in [0.29, 0.717) is 0 Å². The van der Waals surface area contributed by atoms with Gasteiger partial charge in [0, 0.05) is 13.0 Å². The summed E-state index contributed by atoms with van der Waals surface area (Å²) in [6.45, 7) is 20.4. The van der Waals surface area contributed by atoms with Gasteiger partial charge in [0.1, 0.15) is 0 Å². The van der Waals surface area contributed by atoms with E-state index in [1.54, 1.807) is 0 Å². The lowest BCUT2D eigenvalue weighted by Gasteiger charge is -2.36. The van der Waals surface area contributed by atoms with Crippen LogP contribution in [0, 0.1) is 11.7 Å². The number of hydrogen-bond donors (Lipinski definition) is 0. The van der Waals surface area contributed by atoms with E-state index >= 15 is 0 Å². The SMILES string of the molecule is CC1(C)OB(C#CCCCCO[Si](C)(C)C(C)(C)C)OC1(C)C. The fraction of sp³-hybridized carbons (Fsp3) is 0.889. The summed E-state index contributed by atoms with van der Waals surface area (Å²) >= 11 is 0. The van der Waals surface area contributed by atoms with Crippen molar-refractivity contribution in [2.24, 2.45) is 0 Å². The Labute approximate surface area is 145 Å². The Morgan fingerprint density at radius 3 is 2.00 bits per heavy atom. The predicted octanol–water partition coefficient (Wildman–Crippen LogP) is 4.81. The van der Waals surface area contributed by atoms with Crippen LogP contribution in [0.5, 0.6) is 0 Å². The molecule has 0 unspecified atom stereocenters. The zero-order chi connectivity index (χ0) is 17.9. The summed E-state index contributed by atoms with van der Waals surface area (Å²) in [6, 6.07) is 0. The molecular weight excluding hydrogens is 303 g/mol. The Kier molecular flexibility index (Phi) is 6.60. The highest BCUT2D eigenvalue weighted by Crippen LogP contribution is 2.37. The van der Waals surface area contributed by atoms with Crippen LogP contribution in [0.15, 0.2) is 0 Å². The second kappa shape index (κ2) is 7.31. The van der Waals surface area contributed by atoms with E-state index in [-0.39, 0.29) is 16.2 Å². The maximum absolute atomic E-state index is 6.17. The van der Waals surface area contributed by atoms with Gasteiger partial charge in [0.05, 0.1) is 11.2 Å². The van der Waals surface area contributed by atoms with Crippen molar-refractivity contribution in [3.63, 3.8) is 0 Å². The number of hydrogen-bond acceptors (Lipinski definition) is 3. The molecule has 5 heteroatoms. The molecule has 0 amide bonds. The lowest BCUT2D eigenvalue weighted by Crippen LogP contribution is -2.41. The molecule has 0 aromatic heterocycles. The molecule has 1 heterocycles. The van der Waals surface area contributed by atoms with Gasteiger partial charge in [-0.2, -0.15) is 0 Å². The first-order valence-corrected chi connectivity index (χ1v) is 11.7. The molecule has 0 spiro atoms. The van der Waals surface area contributed by atoms with Crippen molar-refractivity contribution in [3.8, 4) is 11.7 Å². The molecule has 0 atom stereocenters. The summed E-state index contributed by atoms with van der Waals surface area (Å²) in [7, 11) is -2.00. The third-order valence-electron chi connectivity index (χ3n) is 5.44. The predicted molar refractivity (Wildman–Crippen MR) is 101 cm³/mol. The summed E-state index contributed by atoms with van der Waals surface area (Å²) in [5.41, 5.74) is -0.604. The highest BCUT2D eigenvalue weighted by Gasteiger charge is 2.50. The molecule has 0 saturated carbocycles. The molecule has 23 heavy (non-hydrogen) atoms. The normalized spacial score (nSPS) is 20.3. The summed E-state index contributed by atoms with van der Waals surface area (Å²) in [5.74, 6) is 6.28.